The molecule has 0 amide bonds. The van der Waals surface area contributed by atoms with Crippen LogP contribution in [-0.2, 0) is 4.79 Å². The maximum absolute atomic E-state index is 11.4. The molecule has 0 heterocycles. The van der Waals surface area contributed by atoms with E-state index in [0.29, 0.717) is 12.4 Å². The van der Waals surface area contributed by atoms with Crippen LogP contribution in [0.15, 0.2) is 24.3 Å². The number of ketones is 1. The van der Waals surface area contributed by atoms with Crippen molar-refractivity contribution >= 4 is 5.78 Å². The first-order valence-electron chi connectivity index (χ1n) is 6.09. The number of carbonyl (C=O) groups is 1. The molecule has 1 aliphatic carbocycles. The lowest BCUT2D eigenvalue weighted by molar-refractivity contribution is -0.121. The highest BCUT2D eigenvalue weighted by Gasteiger charge is 2.23. The van der Waals surface area contributed by atoms with Gasteiger partial charge in [0.2, 0.25) is 0 Å². The van der Waals surface area contributed by atoms with E-state index in [9.17, 15) is 4.79 Å². The monoisotopic (exact) mass is 234 g/mol. The summed E-state index contributed by atoms with van der Waals surface area (Å²) < 4.78 is 10.7. The Balaban J connectivity index is 1.79. The standard InChI is InChI=1S/C14H18O3/c1-16-12-5-3-6-13(10-12)17-9-8-11-4-2-7-14(11)15/h3,5-6,10-11H,2,4,7-9H2,1H3. The summed E-state index contributed by atoms with van der Waals surface area (Å²) in [5.74, 6) is 2.22. The van der Waals surface area contributed by atoms with Gasteiger partial charge in [0, 0.05) is 18.4 Å². The van der Waals surface area contributed by atoms with Gasteiger partial charge in [-0.25, -0.2) is 0 Å². The minimum Gasteiger partial charge on any atom is -0.497 e. The molecule has 0 saturated heterocycles. The number of rotatable bonds is 5. The van der Waals surface area contributed by atoms with Crippen LogP contribution in [-0.4, -0.2) is 19.5 Å². The molecule has 1 atom stereocenters. The van der Waals surface area contributed by atoms with Gasteiger partial charge in [-0.3, -0.25) is 4.79 Å². The van der Waals surface area contributed by atoms with Crippen LogP contribution in [0, 0.1) is 5.92 Å². The molecule has 1 unspecified atom stereocenters. The van der Waals surface area contributed by atoms with Crippen LogP contribution in [0.3, 0.4) is 0 Å². The second kappa shape index (κ2) is 5.71. The van der Waals surface area contributed by atoms with Crippen LogP contribution >= 0.6 is 0 Å². The molecule has 3 nitrogen and oxygen atoms in total. The third kappa shape index (κ3) is 3.22. The van der Waals surface area contributed by atoms with Crippen LogP contribution in [0.2, 0.25) is 0 Å². The summed E-state index contributed by atoms with van der Waals surface area (Å²) >= 11 is 0. The predicted molar refractivity (Wildman–Crippen MR) is 65.5 cm³/mol. The van der Waals surface area contributed by atoms with E-state index in [1.807, 2.05) is 24.3 Å². The Morgan fingerprint density at radius 1 is 1.35 bits per heavy atom. The zero-order valence-electron chi connectivity index (χ0n) is 10.1. The van der Waals surface area contributed by atoms with Gasteiger partial charge in [0.25, 0.3) is 0 Å². The van der Waals surface area contributed by atoms with Crippen molar-refractivity contribution in [1.29, 1.82) is 0 Å². The van der Waals surface area contributed by atoms with Crippen LogP contribution in [0.25, 0.3) is 0 Å². The second-order valence-corrected chi connectivity index (χ2v) is 4.37. The fourth-order valence-corrected chi connectivity index (χ4v) is 2.20. The van der Waals surface area contributed by atoms with E-state index in [2.05, 4.69) is 0 Å². The smallest absolute Gasteiger partial charge is 0.136 e. The summed E-state index contributed by atoms with van der Waals surface area (Å²) in [4.78, 5) is 11.4. The first kappa shape index (κ1) is 12.0. The first-order valence-corrected chi connectivity index (χ1v) is 6.09. The van der Waals surface area contributed by atoms with Crippen molar-refractivity contribution in [3.8, 4) is 11.5 Å². The lowest BCUT2D eigenvalue weighted by Gasteiger charge is -2.10. The van der Waals surface area contributed by atoms with Gasteiger partial charge in [-0.1, -0.05) is 6.07 Å². The zero-order valence-corrected chi connectivity index (χ0v) is 10.1. The van der Waals surface area contributed by atoms with Crippen molar-refractivity contribution in [3.63, 3.8) is 0 Å². The molecule has 0 bridgehead atoms. The van der Waals surface area contributed by atoms with Crippen molar-refractivity contribution in [2.75, 3.05) is 13.7 Å². The Hall–Kier alpha value is -1.51. The van der Waals surface area contributed by atoms with E-state index in [4.69, 9.17) is 9.47 Å². The summed E-state index contributed by atoms with van der Waals surface area (Å²) in [6.45, 7) is 0.601. The Kier molecular flexibility index (Phi) is 4.02. The van der Waals surface area contributed by atoms with Gasteiger partial charge in [-0.15, -0.1) is 0 Å². The average Bonchev–Trinajstić information content (AvgIpc) is 2.76. The maximum Gasteiger partial charge on any atom is 0.136 e. The largest absolute Gasteiger partial charge is 0.497 e. The lowest BCUT2D eigenvalue weighted by atomic mass is 10.0. The van der Waals surface area contributed by atoms with Gasteiger partial charge in [-0.05, 0) is 31.4 Å². The maximum atomic E-state index is 11.4. The number of hydrogen-bond donors (Lipinski definition) is 0. The molecule has 0 aliphatic heterocycles. The van der Waals surface area contributed by atoms with Gasteiger partial charge in [-0.2, -0.15) is 0 Å². The number of benzene rings is 1. The SMILES string of the molecule is COc1cccc(OCCC2CCCC2=O)c1. The predicted octanol–water partition coefficient (Wildman–Crippen LogP) is 2.83. The number of hydrogen-bond acceptors (Lipinski definition) is 3. The van der Waals surface area contributed by atoms with Gasteiger partial charge in [0.1, 0.15) is 17.3 Å². The molecule has 0 aromatic heterocycles. The summed E-state index contributed by atoms with van der Waals surface area (Å²) in [5.41, 5.74) is 0. The Labute approximate surface area is 102 Å². The van der Waals surface area contributed by atoms with Crippen LogP contribution in [0.4, 0.5) is 0 Å². The minimum absolute atomic E-state index is 0.223. The van der Waals surface area contributed by atoms with Crippen molar-refractivity contribution in [2.45, 2.75) is 25.7 Å². The van der Waals surface area contributed by atoms with Gasteiger partial charge in [0.15, 0.2) is 0 Å². The first-order chi connectivity index (χ1) is 8.29. The van der Waals surface area contributed by atoms with E-state index in [1.54, 1.807) is 7.11 Å². The molecule has 0 radical (unpaired) electrons. The summed E-state index contributed by atoms with van der Waals surface area (Å²) in [6, 6.07) is 7.54. The quantitative estimate of drug-likeness (QED) is 0.785. The summed E-state index contributed by atoms with van der Waals surface area (Å²) in [6.07, 6.45) is 3.66. The van der Waals surface area contributed by atoms with Crippen molar-refractivity contribution in [3.05, 3.63) is 24.3 Å². The van der Waals surface area contributed by atoms with E-state index in [0.717, 1.165) is 37.2 Å². The van der Waals surface area contributed by atoms with Crippen LogP contribution in [0.5, 0.6) is 11.5 Å². The number of methoxy groups -OCH3 is 1. The molecule has 1 aromatic rings. The fraction of sp³-hybridized carbons (Fsp3) is 0.500. The molecule has 1 saturated carbocycles. The second-order valence-electron chi connectivity index (χ2n) is 4.37. The molecule has 0 N–H and O–H groups in total. The normalized spacial score (nSPS) is 19.4. The van der Waals surface area contributed by atoms with Gasteiger partial charge >= 0.3 is 0 Å². The molecule has 17 heavy (non-hydrogen) atoms. The van der Waals surface area contributed by atoms with E-state index >= 15 is 0 Å². The highest BCUT2D eigenvalue weighted by atomic mass is 16.5. The van der Waals surface area contributed by atoms with E-state index in [-0.39, 0.29) is 5.92 Å². The van der Waals surface area contributed by atoms with Gasteiger partial charge in [0.05, 0.1) is 13.7 Å². The molecule has 0 spiro atoms. The molecule has 1 aromatic carbocycles. The molecule has 1 fully saturated rings. The third-order valence-electron chi connectivity index (χ3n) is 3.21. The van der Waals surface area contributed by atoms with Crippen LogP contribution < -0.4 is 9.47 Å². The fourth-order valence-electron chi connectivity index (χ4n) is 2.20. The highest BCUT2D eigenvalue weighted by molar-refractivity contribution is 5.82. The minimum atomic E-state index is 0.223. The Bertz CT molecular complexity index is 387. The van der Waals surface area contributed by atoms with Crippen molar-refractivity contribution in [2.24, 2.45) is 5.92 Å². The summed E-state index contributed by atoms with van der Waals surface area (Å²) in [5, 5.41) is 0. The van der Waals surface area contributed by atoms with Crippen molar-refractivity contribution < 1.29 is 14.3 Å². The van der Waals surface area contributed by atoms with Gasteiger partial charge < -0.3 is 9.47 Å². The highest BCUT2D eigenvalue weighted by Crippen LogP contribution is 2.25. The van der Waals surface area contributed by atoms with Crippen LogP contribution in [0.1, 0.15) is 25.7 Å². The summed E-state index contributed by atoms with van der Waals surface area (Å²) in [7, 11) is 1.64. The van der Waals surface area contributed by atoms with E-state index < -0.39 is 0 Å². The number of Topliss-reactive ketones (excluding diaryl/α,β-unsaturated/α-hetero) is 1. The third-order valence-corrected chi connectivity index (χ3v) is 3.21. The van der Waals surface area contributed by atoms with E-state index in [1.165, 1.54) is 0 Å². The molecule has 2 rings (SSSR count). The molecular formula is C14H18O3. The van der Waals surface area contributed by atoms with Crippen molar-refractivity contribution in [1.82, 2.24) is 0 Å². The Morgan fingerprint density at radius 3 is 2.88 bits per heavy atom. The molecule has 92 valence electrons. The lowest BCUT2D eigenvalue weighted by Crippen LogP contribution is -2.11. The number of ether oxygens (including phenoxy) is 2. The molecular weight excluding hydrogens is 216 g/mol. The average molecular weight is 234 g/mol. The number of carbonyl (C=O) groups excluding carboxylic acids is 1. The topological polar surface area (TPSA) is 35.5 Å². The zero-order chi connectivity index (χ0) is 12.1. The Morgan fingerprint density at radius 2 is 2.18 bits per heavy atom. The molecule has 1 aliphatic rings. The molecule has 3 heteroatoms.